The molecule has 28 heavy (non-hydrogen) atoms. The van der Waals surface area contributed by atoms with Crippen LogP contribution in [0.5, 0.6) is 5.75 Å². The molecule has 3 heterocycles. The molecule has 0 aromatic heterocycles. The van der Waals surface area contributed by atoms with E-state index >= 15 is 0 Å². The molecule has 2 amide bonds. The number of hydrogen-bond donors (Lipinski definition) is 0. The number of ether oxygens (including phenoxy) is 1. The van der Waals surface area contributed by atoms with Gasteiger partial charge in [-0.05, 0) is 48.7 Å². The lowest BCUT2D eigenvalue weighted by Crippen LogP contribution is -2.44. The maximum Gasteiger partial charge on any atom is 0.253 e. The number of imide groups is 1. The van der Waals surface area contributed by atoms with Crippen molar-refractivity contribution in [2.75, 3.05) is 25.1 Å². The number of rotatable bonds is 3. The molecule has 2 aromatic carbocycles. The summed E-state index contributed by atoms with van der Waals surface area (Å²) in [6.07, 6.45) is 1.00. The van der Waals surface area contributed by atoms with Gasteiger partial charge in [0, 0.05) is 13.1 Å². The number of benzene rings is 2. The van der Waals surface area contributed by atoms with Crippen LogP contribution in [0.3, 0.4) is 0 Å². The predicted octanol–water partition coefficient (Wildman–Crippen LogP) is 2.54. The smallest absolute Gasteiger partial charge is 0.253 e. The van der Waals surface area contributed by atoms with E-state index in [0.29, 0.717) is 5.69 Å². The molecule has 0 radical (unpaired) electrons. The van der Waals surface area contributed by atoms with E-state index in [-0.39, 0.29) is 23.8 Å². The van der Waals surface area contributed by atoms with Crippen LogP contribution in [0.1, 0.15) is 23.6 Å². The van der Waals surface area contributed by atoms with E-state index in [1.54, 1.807) is 7.11 Å². The minimum Gasteiger partial charge on any atom is -0.497 e. The first kappa shape index (κ1) is 17.4. The van der Waals surface area contributed by atoms with E-state index in [2.05, 4.69) is 10.0 Å². The van der Waals surface area contributed by atoms with Crippen LogP contribution < -0.4 is 9.64 Å². The van der Waals surface area contributed by atoms with Crippen LogP contribution in [0.15, 0.2) is 48.5 Å². The Labute approximate surface area is 164 Å². The lowest BCUT2D eigenvalue weighted by Gasteiger charge is -2.29. The van der Waals surface area contributed by atoms with Gasteiger partial charge in [-0.1, -0.05) is 24.3 Å². The van der Waals surface area contributed by atoms with Crippen LogP contribution in [0.2, 0.25) is 0 Å². The number of amides is 2. The highest BCUT2D eigenvalue weighted by atomic mass is 16.5. The van der Waals surface area contributed by atoms with Gasteiger partial charge in [-0.15, -0.1) is 0 Å². The van der Waals surface area contributed by atoms with Gasteiger partial charge >= 0.3 is 0 Å². The fraction of sp³-hybridized carbons (Fsp3) is 0.364. The van der Waals surface area contributed by atoms with Crippen LogP contribution in [0.4, 0.5) is 5.69 Å². The van der Waals surface area contributed by atoms with Crippen molar-refractivity contribution >= 4 is 17.5 Å². The van der Waals surface area contributed by atoms with E-state index < -0.39 is 6.04 Å². The molecule has 5 rings (SSSR count). The molecule has 3 aliphatic heterocycles. The molecule has 0 saturated carbocycles. The highest BCUT2D eigenvalue weighted by Crippen LogP contribution is 2.49. The first-order valence-electron chi connectivity index (χ1n) is 9.72. The van der Waals surface area contributed by atoms with Crippen molar-refractivity contribution in [3.8, 4) is 5.75 Å². The molecule has 0 N–H and O–H groups in total. The van der Waals surface area contributed by atoms with E-state index in [0.717, 1.165) is 36.4 Å². The monoisotopic (exact) mass is 377 g/mol. The maximum absolute atomic E-state index is 13.5. The normalized spacial score (nSPS) is 27.4. The Morgan fingerprint density at radius 1 is 0.929 bits per heavy atom. The fourth-order valence-corrected chi connectivity index (χ4v) is 4.94. The summed E-state index contributed by atoms with van der Waals surface area (Å²) >= 11 is 0. The molecule has 6 heteroatoms. The van der Waals surface area contributed by atoms with Gasteiger partial charge in [-0.3, -0.25) is 9.59 Å². The summed E-state index contributed by atoms with van der Waals surface area (Å²) in [7, 11) is 1.64. The van der Waals surface area contributed by atoms with Crippen molar-refractivity contribution in [3.63, 3.8) is 0 Å². The van der Waals surface area contributed by atoms with Gasteiger partial charge in [0.2, 0.25) is 5.91 Å². The number of aryl methyl sites for hydroxylation is 1. The average Bonchev–Trinajstić information content (AvgIpc) is 3.34. The number of hydrazine groups is 1. The molecule has 6 nitrogen and oxygen atoms in total. The zero-order valence-electron chi connectivity index (χ0n) is 16.0. The minimum atomic E-state index is -0.414. The van der Waals surface area contributed by atoms with Crippen molar-refractivity contribution in [2.24, 2.45) is 5.92 Å². The lowest BCUT2D eigenvalue weighted by molar-refractivity contribution is -0.126. The van der Waals surface area contributed by atoms with Crippen molar-refractivity contribution < 1.29 is 14.3 Å². The van der Waals surface area contributed by atoms with Gasteiger partial charge < -0.3 is 4.74 Å². The Morgan fingerprint density at radius 3 is 2.32 bits per heavy atom. The third-order valence-electron chi connectivity index (χ3n) is 6.12. The molecule has 3 saturated heterocycles. The lowest BCUT2D eigenvalue weighted by atomic mass is 9.90. The Kier molecular flexibility index (Phi) is 4.00. The molecule has 144 valence electrons. The highest BCUT2D eigenvalue weighted by Gasteiger charge is 2.62. The Morgan fingerprint density at radius 2 is 1.64 bits per heavy atom. The summed E-state index contributed by atoms with van der Waals surface area (Å²) < 4.78 is 5.28. The number of nitrogens with zero attached hydrogens (tertiary/aromatic N) is 3. The molecule has 0 unspecified atom stereocenters. The molecule has 3 atom stereocenters. The molecular weight excluding hydrogens is 354 g/mol. The number of methoxy groups -OCH3 is 1. The quantitative estimate of drug-likeness (QED) is 0.770. The van der Waals surface area contributed by atoms with Crippen molar-refractivity contribution in [3.05, 3.63) is 59.7 Å². The SMILES string of the molecule is COc1ccc([C@@H]2[C@H]3C(=O)N(c4cccc(C)c4)C(=O)[C@@H]3N3CCCN23)cc1. The van der Waals surface area contributed by atoms with Crippen LogP contribution >= 0.6 is 0 Å². The Balaban J connectivity index is 1.56. The second-order valence-electron chi connectivity index (χ2n) is 7.72. The molecule has 3 aliphatic rings. The van der Waals surface area contributed by atoms with E-state index in [1.165, 1.54) is 4.90 Å². The number of carbonyl (C=O) groups is 2. The Hall–Kier alpha value is -2.70. The summed E-state index contributed by atoms with van der Waals surface area (Å²) in [5, 5.41) is 4.34. The van der Waals surface area contributed by atoms with E-state index in [1.807, 2.05) is 55.5 Å². The van der Waals surface area contributed by atoms with E-state index in [4.69, 9.17) is 4.74 Å². The molecule has 0 bridgehead atoms. The second kappa shape index (κ2) is 6.43. The van der Waals surface area contributed by atoms with Gasteiger partial charge in [0.25, 0.3) is 5.91 Å². The van der Waals surface area contributed by atoms with Crippen molar-refractivity contribution in [1.29, 1.82) is 0 Å². The number of anilines is 1. The summed E-state index contributed by atoms with van der Waals surface area (Å²) in [5.41, 5.74) is 2.75. The second-order valence-corrected chi connectivity index (χ2v) is 7.72. The first-order valence-corrected chi connectivity index (χ1v) is 9.72. The first-order chi connectivity index (χ1) is 13.6. The zero-order valence-corrected chi connectivity index (χ0v) is 16.0. The maximum atomic E-state index is 13.5. The molecule has 0 aliphatic carbocycles. The predicted molar refractivity (Wildman–Crippen MR) is 105 cm³/mol. The molecule has 2 aromatic rings. The fourth-order valence-electron chi connectivity index (χ4n) is 4.94. The summed E-state index contributed by atoms with van der Waals surface area (Å²) in [6, 6.07) is 14.9. The van der Waals surface area contributed by atoms with Crippen molar-refractivity contribution in [2.45, 2.75) is 25.4 Å². The van der Waals surface area contributed by atoms with Gasteiger partial charge in [0.05, 0.1) is 24.8 Å². The highest BCUT2D eigenvalue weighted by molar-refractivity contribution is 6.24. The van der Waals surface area contributed by atoms with Crippen LogP contribution in [0.25, 0.3) is 0 Å². The van der Waals surface area contributed by atoms with Crippen LogP contribution in [0, 0.1) is 12.8 Å². The number of fused-ring (bicyclic) bond motifs is 3. The number of carbonyl (C=O) groups excluding carboxylic acids is 2. The van der Waals surface area contributed by atoms with Gasteiger partial charge in [0.15, 0.2) is 0 Å². The molecular formula is C22H23N3O3. The topological polar surface area (TPSA) is 53.1 Å². The van der Waals surface area contributed by atoms with Crippen LogP contribution in [-0.2, 0) is 9.59 Å². The third kappa shape index (κ3) is 2.41. The van der Waals surface area contributed by atoms with Crippen LogP contribution in [-0.4, -0.2) is 48.1 Å². The summed E-state index contributed by atoms with van der Waals surface area (Å²) in [5.74, 6) is 0.188. The molecule has 0 spiro atoms. The third-order valence-corrected chi connectivity index (χ3v) is 6.12. The summed E-state index contributed by atoms with van der Waals surface area (Å²) in [6.45, 7) is 3.65. The van der Waals surface area contributed by atoms with Gasteiger partial charge in [-0.25, -0.2) is 14.9 Å². The van der Waals surface area contributed by atoms with Crippen molar-refractivity contribution in [1.82, 2.24) is 10.0 Å². The Bertz CT molecular complexity index is 942. The van der Waals surface area contributed by atoms with Gasteiger partial charge in [-0.2, -0.15) is 0 Å². The summed E-state index contributed by atoms with van der Waals surface area (Å²) in [4.78, 5) is 28.2. The largest absolute Gasteiger partial charge is 0.497 e. The van der Waals surface area contributed by atoms with Gasteiger partial charge in [0.1, 0.15) is 11.8 Å². The van der Waals surface area contributed by atoms with E-state index in [9.17, 15) is 9.59 Å². The number of hydrogen-bond acceptors (Lipinski definition) is 5. The minimum absolute atomic E-state index is 0.101. The standard InChI is InChI=1S/C22H23N3O3/c1-14-5-3-6-16(13-14)25-21(26)18-19(15-7-9-17(28-2)10-8-15)23-11-4-12-24(23)20(18)22(25)27/h3,5-10,13,18-20H,4,11-12H2,1-2H3/t18-,19-,20-/m1/s1. The molecule has 3 fully saturated rings. The zero-order chi connectivity index (χ0) is 19.4. The average molecular weight is 377 g/mol.